The maximum Gasteiger partial charge on any atom is 0.224 e. The first-order valence-corrected chi connectivity index (χ1v) is 8.15. The molecule has 1 aromatic carbocycles. The number of nitrogens with one attached hydrogen (secondary N) is 2. The zero-order valence-corrected chi connectivity index (χ0v) is 15.1. The molecule has 0 bridgehead atoms. The number of aliphatic hydroxyl groups excluding tert-OH is 1. The SMILES string of the molecule is CC(C)(C)c1ccc(C(O)CNC(=O)C2CCCNC2)cc1.Cl. The fourth-order valence-corrected chi connectivity index (χ4v) is 2.74. The second kappa shape index (κ2) is 8.67. The van der Waals surface area contributed by atoms with E-state index in [2.05, 4.69) is 31.4 Å². The maximum atomic E-state index is 12.1. The Hall–Kier alpha value is -1.10. The molecule has 1 aliphatic heterocycles. The Bertz CT molecular complexity index is 491. The minimum absolute atomic E-state index is 0. The van der Waals surface area contributed by atoms with Crippen LogP contribution in [0.1, 0.15) is 50.8 Å². The fraction of sp³-hybridized carbons (Fsp3) is 0.611. The highest BCUT2D eigenvalue weighted by molar-refractivity contribution is 5.85. The molecule has 2 atom stereocenters. The maximum absolute atomic E-state index is 12.1. The molecular weight excluding hydrogens is 312 g/mol. The number of rotatable bonds is 4. The summed E-state index contributed by atoms with van der Waals surface area (Å²) < 4.78 is 0. The van der Waals surface area contributed by atoms with Gasteiger partial charge in [-0.2, -0.15) is 0 Å². The number of benzene rings is 1. The lowest BCUT2D eigenvalue weighted by Gasteiger charge is -2.23. The van der Waals surface area contributed by atoms with E-state index in [4.69, 9.17) is 0 Å². The van der Waals surface area contributed by atoms with Gasteiger partial charge in [-0.15, -0.1) is 12.4 Å². The van der Waals surface area contributed by atoms with Crippen LogP contribution >= 0.6 is 12.4 Å². The second-order valence-corrected chi connectivity index (χ2v) is 7.18. The highest BCUT2D eigenvalue weighted by atomic mass is 35.5. The summed E-state index contributed by atoms with van der Waals surface area (Å²) in [5, 5.41) is 16.3. The van der Waals surface area contributed by atoms with Crippen molar-refractivity contribution in [2.24, 2.45) is 5.92 Å². The van der Waals surface area contributed by atoms with Crippen molar-refractivity contribution in [3.63, 3.8) is 0 Å². The Kier molecular flexibility index (Phi) is 7.52. The molecule has 2 unspecified atom stereocenters. The minimum atomic E-state index is -0.658. The van der Waals surface area contributed by atoms with Gasteiger partial charge in [0.1, 0.15) is 0 Å². The standard InChI is InChI=1S/C18H28N2O2.ClH/c1-18(2,3)15-8-6-13(7-9-15)16(21)12-20-17(22)14-5-4-10-19-11-14;/h6-9,14,16,19,21H,4-5,10-12H2,1-3H3,(H,20,22);1H. The van der Waals surface area contributed by atoms with Gasteiger partial charge >= 0.3 is 0 Å². The van der Waals surface area contributed by atoms with Gasteiger partial charge in [0, 0.05) is 13.1 Å². The topological polar surface area (TPSA) is 61.4 Å². The van der Waals surface area contributed by atoms with Crippen molar-refractivity contribution < 1.29 is 9.90 Å². The monoisotopic (exact) mass is 340 g/mol. The number of piperidine rings is 1. The molecule has 0 aliphatic carbocycles. The number of amides is 1. The van der Waals surface area contributed by atoms with Crippen molar-refractivity contribution in [2.45, 2.75) is 45.1 Å². The quantitative estimate of drug-likeness (QED) is 0.789. The molecule has 130 valence electrons. The van der Waals surface area contributed by atoms with Gasteiger partial charge in [-0.1, -0.05) is 45.0 Å². The third kappa shape index (κ3) is 5.79. The van der Waals surface area contributed by atoms with Gasteiger partial charge < -0.3 is 15.7 Å². The summed E-state index contributed by atoms with van der Waals surface area (Å²) in [6.45, 7) is 8.49. The molecule has 1 saturated heterocycles. The lowest BCUT2D eigenvalue weighted by atomic mass is 9.86. The molecule has 0 saturated carbocycles. The molecular formula is C18H29ClN2O2. The van der Waals surface area contributed by atoms with Gasteiger partial charge in [-0.05, 0) is 35.9 Å². The van der Waals surface area contributed by atoms with Crippen LogP contribution in [0.25, 0.3) is 0 Å². The Morgan fingerprint density at radius 2 is 2.00 bits per heavy atom. The van der Waals surface area contributed by atoms with Crippen molar-refractivity contribution >= 4 is 18.3 Å². The predicted octanol–water partition coefficient (Wildman–Crippen LogP) is 2.56. The highest BCUT2D eigenvalue weighted by Gasteiger charge is 2.21. The second-order valence-electron chi connectivity index (χ2n) is 7.18. The van der Waals surface area contributed by atoms with Crippen LogP contribution in [-0.4, -0.2) is 30.6 Å². The molecule has 4 nitrogen and oxygen atoms in total. The summed E-state index contributed by atoms with van der Waals surface area (Å²) in [7, 11) is 0. The summed E-state index contributed by atoms with van der Waals surface area (Å²) in [5.74, 6) is 0.0711. The van der Waals surface area contributed by atoms with Gasteiger partial charge in [0.2, 0.25) is 5.91 Å². The Morgan fingerprint density at radius 1 is 1.35 bits per heavy atom. The average molecular weight is 341 g/mol. The molecule has 0 aromatic heterocycles. The van der Waals surface area contributed by atoms with Crippen molar-refractivity contribution in [3.05, 3.63) is 35.4 Å². The number of carbonyl (C=O) groups is 1. The first kappa shape index (κ1) is 19.9. The van der Waals surface area contributed by atoms with Gasteiger partial charge in [-0.3, -0.25) is 4.79 Å². The van der Waals surface area contributed by atoms with Crippen LogP contribution in [0.2, 0.25) is 0 Å². The number of halogens is 1. The van der Waals surface area contributed by atoms with Crippen LogP contribution in [-0.2, 0) is 10.2 Å². The van der Waals surface area contributed by atoms with Gasteiger partial charge in [0.15, 0.2) is 0 Å². The first-order chi connectivity index (χ1) is 10.4. The molecule has 0 radical (unpaired) electrons. The number of hydrogen-bond donors (Lipinski definition) is 3. The summed E-state index contributed by atoms with van der Waals surface area (Å²) >= 11 is 0. The molecule has 1 heterocycles. The third-order valence-corrected chi connectivity index (χ3v) is 4.30. The normalized spacial score (nSPS) is 19.6. The molecule has 23 heavy (non-hydrogen) atoms. The molecule has 0 spiro atoms. The smallest absolute Gasteiger partial charge is 0.224 e. The lowest BCUT2D eigenvalue weighted by Crippen LogP contribution is -2.41. The van der Waals surface area contributed by atoms with E-state index in [1.165, 1.54) is 5.56 Å². The van der Waals surface area contributed by atoms with Gasteiger partial charge in [-0.25, -0.2) is 0 Å². The number of aliphatic hydroxyl groups is 1. The van der Waals surface area contributed by atoms with Crippen molar-refractivity contribution in [1.29, 1.82) is 0 Å². The van der Waals surface area contributed by atoms with Crippen molar-refractivity contribution in [2.75, 3.05) is 19.6 Å². The van der Waals surface area contributed by atoms with E-state index < -0.39 is 6.10 Å². The van der Waals surface area contributed by atoms with Crippen LogP contribution in [0.15, 0.2) is 24.3 Å². The van der Waals surface area contributed by atoms with Gasteiger partial charge in [0.25, 0.3) is 0 Å². The predicted molar refractivity (Wildman–Crippen MR) is 96.0 cm³/mol. The van der Waals surface area contributed by atoms with Crippen LogP contribution in [0.3, 0.4) is 0 Å². The minimum Gasteiger partial charge on any atom is -0.387 e. The summed E-state index contributed by atoms with van der Waals surface area (Å²) in [6, 6.07) is 7.98. The Balaban J connectivity index is 0.00000264. The average Bonchev–Trinajstić information content (AvgIpc) is 2.52. The van der Waals surface area contributed by atoms with Crippen LogP contribution in [0.5, 0.6) is 0 Å². The van der Waals surface area contributed by atoms with Crippen LogP contribution in [0.4, 0.5) is 0 Å². The Morgan fingerprint density at radius 3 is 2.52 bits per heavy atom. The van der Waals surface area contributed by atoms with E-state index in [1.807, 2.05) is 24.3 Å². The van der Waals surface area contributed by atoms with Crippen molar-refractivity contribution in [1.82, 2.24) is 10.6 Å². The Labute approximate surface area is 145 Å². The largest absolute Gasteiger partial charge is 0.387 e. The highest BCUT2D eigenvalue weighted by Crippen LogP contribution is 2.23. The zero-order valence-electron chi connectivity index (χ0n) is 14.3. The van der Waals surface area contributed by atoms with E-state index in [9.17, 15) is 9.90 Å². The summed E-state index contributed by atoms with van der Waals surface area (Å²) in [5.41, 5.74) is 2.18. The van der Waals surface area contributed by atoms with Crippen LogP contribution < -0.4 is 10.6 Å². The van der Waals surface area contributed by atoms with Crippen molar-refractivity contribution in [3.8, 4) is 0 Å². The molecule has 1 amide bonds. The first-order valence-electron chi connectivity index (χ1n) is 8.15. The van der Waals surface area contributed by atoms with E-state index in [0.717, 1.165) is 31.5 Å². The van der Waals surface area contributed by atoms with E-state index in [1.54, 1.807) is 0 Å². The van der Waals surface area contributed by atoms with E-state index in [0.29, 0.717) is 0 Å². The van der Waals surface area contributed by atoms with Crippen LogP contribution in [0, 0.1) is 5.92 Å². The summed E-state index contributed by atoms with van der Waals surface area (Å²) in [6.07, 6.45) is 1.30. The summed E-state index contributed by atoms with van der Waals surface area (Å²) in [4.78, 5) is 12.1. The van der Waals surface area contributed by atoms with E-state index in [-0.39, 0.29) is 36.2 Å². The van der Waals surface area contributed by atoms with E-state index >= 15 is 0 Å². The molecule has 1 aliphatic rings. The number of hydrogen-bond acceptors (Lipinski definition) is 3. The molecule has 1 aromatic rings. The number of carbonyl (C=O) groups excluding carboxylic acids is 1. The lowest BCUT2D eigenvalue weighted by molar-refractivity contribution is -0.125. The molecule has 1 fully saturated rings. The van der Waals surface area contributed by atoms with Gasteiger partial charge in [0.05, 0.1) is 12.0 Å². The third-order valence-electron chi connectivity index (χ3n) is 4.30. The zero-order chi connectivity index (χ0) is 16.2. The molecule has 5 heteroatoms. The molecule has 2 rings (SSSR count). The fourth-order valence-electron chi connectivity index (χ4n) is 2.74. The molecule has 3 N–H and O–H groups in total.